The Balaban J connectivity index is 1.76. The molecule has 2 N–H and O–H groups in total. The van der Waals surface area contributed by atoms with Gasteiger partial charge in [-0.2, -0.15) is 0 Å². The normalized spacial score (nSPS) is 28.6. The molecule has 2 heterocycles. The van der Waals surface area contributed by atoms with Crippen LogP contribution >= 0.6 is 0 Å². The molecular weight excluding hydrogens is 220 g/mol. The fourth-order valence-electron chi connectivity index (χ4n) is 2.42. The van der Waals surface area contributed by atoms with Crippen LogP contribution in [0.1, 0.15) is 19.8 Å². The van der Waals surface area contributed by atoms with Gasteiger partial charge in [-0.1, -0.05) is 0 Å². The molecule has 0 radical (unpaired) electrons. The Morgan fingerprint density at radius 2 is 2.12 bits per heavy atom. The Hall–Kier alpha value is -0.650. The lowest BCUT2D eigenvalue weighted by atomic mass is 9.91. The highest BCUT2D eigenvalue weighted by Crippen LogP contribution is 2.16. The van der Waals surface area contributed by atoms with Crippen molar-refractivity contribution in [3.8, 4) is 0 Å². The molecular formula is C12H22N2O3. The van der Waals surface area contributed by atoms with E-state index in [4.69, 9.17) is 9.47 Å². The van der Waals surface area contributed by atoms with Crippen LogP contribution in [0, 0.1) is 5.92 Å². The smallest absolute Gasteiger partial charge is 0.251 e. The number of amides is 1. The van der Waals surface area contributed by atoms with Crippen molar-refractivity contribution < 1.29 is 14.3 Å². The molecule has 5 nitrogen and oxygen atoms in total. The summed E-state index contributed by atoms with van der Waals surface area (Å²) in [7, 11) is 0. The highest BCUT2D eigenvalue weighted by Gasteiger charge is 2.27. The molecule has 17 heavy (non-hydrogen) atoms. The van der Waals surface area contributed by atoms with E-state index in [2.05, 4.69) is 17.6 Å². The molecule has 2 rings (SSSR count). The topological polar surface area (TPSA) is 59.6 Å². The zero-order valence-electron chi connectivity index (χ0n) is 10.4. The predicted octanol–water partition coefficient (Wildman–Crippen LogP) is -0.0939. The third-order valence-corrected chi connectivity index (χ3v) is 3.57. The van der Waals surface area contributed by atoms with E-state index in [0.717, 1.165) is 25.9 Å². The Kier molecular flexibility index (Phi) is 4.76. The highest BCUT2D eigenvalue weighted by atomic mass is 16.6. The number of carbonyl (C=O) groups excluding carboxylic acids is 1. The van der Waals surface area contributed by atoms with Gasteiger partial charge in [0.2, 0.25) is 0 Å². The summed E-state index contributed by atoms with van der Waals surface area (Å²) >= 11 is 0. The van der Waals surface area contributed by atoms with Crippen LogP contribution < -0.4 is 10.6 Å². The van der Waals surface area contributed by atoms with E-state index in [0.29, 0.717) is 25.7 Å². The molecule has 0 aliphatic carbocycles. The minimum absolute atomic E-state index is 0.0317. The summed E-state index contributed by atoms with van der Waals surface area (Å²) in [6.45, 7) is 5.66. The van der Waals surface area contributed by atoms with Gasteiger partial charge in [0, 0.05) is 6.04 Å². The van der Waals surface area contributed by atoms with Crippen LogP contribution in [0.2, 0.25) is 0 Å². The number of hydrogen-bond acceptors (Lipinski definition) is 4. The first-order valence-electron chi connectivity index (χ1n) is 6.48. The minimum atomic E-state index is -0.423. The van der Waals surface area contributed by atoms with Gasteiger partial charge in [0.25, 0.3) is 5.91 Å². The third kappa shape index (κ3) is 3.66. The van der Waals surface area contributed by atoms with Gasteiger partial charge in [0.15, 0.2) is 6.10 Å². The standard InChI is InChI=1S/C12H22N2O3/c1-9(10-2-4-13-5-3-10)14-12(15)11-8-16-6-7-17-11/h9-11,13H,2-8H2,1H3,(H,14,15). The van der Waals surface area contributed by atoms with Gasteiger partial charge in [-0.25, -0.2) is 0 Å². The van der Waals surface area contributed by atoms with Crippen molar-refractivity contribution in [3.05, 3.63) is 0 Å². The van der Waals surface area contributed by atoms with Crippen LogP contribution in [-0.2, 0) is 14.3 Å². The molecule has 0 aromatic heterocycles. The molecule has 2 unspecified atom stereocenters. The SMILES string of the molecule is CC(NC(=O)C1COCCO1)C1CCNCC1. The Bertz CT molecular complexity index is 248. The van der Waals surface area contributed by atoms with Crippen molar-refractivity contribution in [3.63, 3.8) is 0 Å². The van der Waals surface area contributed by atoms with E-state index in [1.807, 2.05) is 0 Å². The average Bonchev–Trinajstić information content (AvgIpc) is 2.40. The summed E-state index contributed by atoms with van der Waals surface area (Å²) < 4.78 is 10.6. The van der Waals surface area contributed by atoms with E-state index in [9.17, 15) is 4.79 Å². The van der Waals surface area contributed by atoms with Gasteiger partial charge in [-0.15, -0.1) is 0 Å². The summed E-state index contributed by atoms with van der Waals surface area (Å²) in [6, 6.07) is 0.218. The van der Waals surface area contributed by atoms with Crippen molar-refractivity contribution in [1.82, 2.24) is 10.6 Å². The third-order valence-electron chi connectivity index (χ3n) is 3.57. The second kappa shape index (κ2) is 6.33. The molecule has 0 spiro atoms. The van der Waals surface area contributed by atoms with Gasteiger partial charge in [-0.05, 0) is 38.8 Å². The lowest BCUT2D eigenvalue weighted by molar-refractivity contribution is -0.148. The maximum Gasteiger partial charge on any atom is 0.251 e. The molecule has 0 saturated carbocycles. The van der Waals surface area contributed by atoms with Crippen LogP contribution in [0.15, 0.2) is 0 Å². The fraction of sp³-hybridized carbons (Fsp3) is 0.917. The number of carbonyl (C=O) groups is 1. The van der Waals surface area contributed by atoms with Gasteiger partial charge in [-0.3, -0.25) is 4.79 Å². The van der Waals surface area contributed by atoms with E-state index in [1.54, 1.807) is 0 Å². The number of nitrogens with one attached hydrogen (secondary N) is 2. The van der Waals surface area contributed by atoms with Gasteiger partial charge in [0.05, 0.1) is 19.8 Å². The number of ether oxygens (including phenoxy) is 2. The van der Waals surface area contributed by atoms with E-state index < -0.39 is 6.10 Å². The Labute approximate surface area is 102 Å². The molecule has 0 aromatic carbocycles. The van der Waals surface area contributed by atoms with Crippen LogP contribution in [0.3, 0.4) is 0 Å². The minimum Gasteiger partial charge on any atom is -0.376 e. The molecule has 2 fully saturated rings. The average molecular weight is 242 g/mol. The molecule has 2 atom stereocenters. The molecule has 0 bridgehead atoms. The first-order valence-corrected chi connectivity index (χ1v) is 6.48. The van der Waals surface area contributed by atoms with Crippen molar-refractivity contribution in [2.75, 3.05) is 32.9 Å². The van der Waals surface area contributed by atoms with Crippen LogP contribution in [-0.4, -0.2) is 51.0 Å². The molecule has 2 aliphatic rings. The van der Waals surface area contributed by atoms with E-state index in [1.165, 1.54) is 0 Å². The zero-order valence-corrected chi connectivity index (χ0v) is 10.4. The lowest BCUT2D eigenvalue weighted by Gasteiger charge is -2.30. The summed E-state index contributed by atoms with van der Waals surface area (Å²) in [6.07, 6.45) is 1.83. The molecule has 5 heteroatoms. The number of hydrogen-bond donors (Lipinski definition) is 2. The molecule has 98 valence electrons. The second-order valence-electron chi connectivity index (χ2n) is 4.82. The number of rotatable bonds is 3. The van der Waals surface area contributed by atoms with Crippen molar-refractivity contribution in [2.24, 2.45) is 5.92 Å². The lowest BCUT2D eigenvalue weighted by Crippen LogP contribution is -2.49. The summed E-state index contributed by atoms with van der Waals surface area (Å²) in [5, 5.41) is 6.38. The quantitative estimate of drug-likeness (QED) is 0.726. The van der Waals surface area contributed by atoms with Crippen molar-refractivity contribution >= 4 is 5.91 Å². The maximum atomic E-state index is 11.9. The van der Waals surface area contributed by atoms with Crippen molar-refractivity contribution in [1.29, 1.82) is 0 Å². The summed E-state index contributed by atoms with van der Waals surface area (Å²) in [5.41, 5.74) is 0. The first kappa shape index (κ1) is 12.8. The molecule has 1 amide bonds. The Morgan fingerprint density at radius 3 is 2.76 bits per heavy atom. The van der Waals surface area contributed by atoms with Crippen LogP contribution in [0.5, 0.6) is 0 Å². The Morgan fingerprint density at radius 1 is 1.35 bits per heavy atom. The highest BCUT2D eigenvalue weighted by molar-refractivity contribution is 5.81. The molecule has 2 aliphatic heterocycles. The first-order chi connectivity index (χ1) is 8.27. The van der Waals surface area contributed by atoms with Gasteiger partial charge < -0.3 is 20.1 Å². The van der Waals surface area contributed by atoms with E-state index >= 15 is 0 Å². The fourth-order valence-corrected chi connectivity index (χ4v) is 2.42. The van der Waals surface area contributed by atoms with Crippen LogP contribution in [0.4, 0.5) is 0 Å². The van der Waals surface area contributed by atoms with Gasteiger partial charge >= 0.3 is 0 Å². The predicted molar refractivity (Wildman–Crippen MR) is 63.8 cm³/mol. The van der Waals surface area contributed by atoms with Crippen molar-refractivity contribution in [2.45, 2.75) is 31.9 Å². The monoisotopic (exact) mass is 242 g/mol. The maximum absolute atomic E-state index is 11.9. The summed E-state index contributed by atoms with van der Waals surface area (Å²) in [4.78, 5) is 11.9. The zero-order chi connectivity index (χ0) is 12.1. The van der Waals surface area contributed by atoms with E-state index in [-0.39, 0.29) is 11.9 Å². The molecule has 2 saturated heterocycles. The van der Waals surface area contributed by atoms with Crippen LogP contribution in [0.25, 0.3) is 0 Å². The molecule has 0 aromatic rings. The number of piperidine rings is 1. The largest absolute Gasteiger partial charge is 0.376 e. The second-order valence-corrected chi connectivity index (χ2v) is 4.82. The summed E-state index contributed by atoms with van der Waals surface area (Å²) in [5.74, 6) is 0.542. The van der Waals surface area contributed by atoms with Gasteiger partial charge in [0.1, 0.15) is 0 Å².